The Balaban J connectivity index is 2.63. The van der Waals surface area contributed by atoms with E-state index in [2.05, 4.69) is 20.9 Å². The van der Waals surface area contributed by atoms with Crippen LogP contribution in [0, 0.1) is 0 Å². The summed E-state index contributed by atoms with van der Waals surface area (Å²) in [6, 6.07) is 7.34. The SMILES string of the molecule is COc1ccccc1-n1cc(Br)[nH]c1=O. The van der Waals surface area contributed by atoms with Crippen molar-refractivity contribution in [3.8, 4) is 11.4 Å². The molecule has 15 heavy (non-hydrogen) atoms. The summed E-state index contributed by atoms with van der Waals surface area (Å²) in [5, 5.41) is 0. The van der Waals surface area contributed by atoms with Crippen LogP contribution in [-0.2, 0) is 0 Å². The Bertz CT molecular complexity index is 530. The number of aromatic amines is 1. The van der Waals surface area contributed by atoms with Crippen LogP contribution in [0.25, 0.3) is 5.69 Å². The average molecular weight is 269 g/mol. The third-order valence-corrected chi connectivity index (χ3v) is 2.44. The molecule has 1 N–H and O–H groups in total. The fourth-order valence-corrected chi connectivity index (χ4v) is 1.75. The van der Waals surface area contributed by atoms with Crippen molar-refractivity contribution in [3.05, 3.63) is 45.5 Å². The van der Waals surface area contributed by atoms with Crippen molar-refractivity contribution in [1.29, 1.82) is 0 Å². The number of benzene rings is 1. The van der Waals surface area contributed by atoms with Crippen LogP contribution in [0.15, 0.2) is 39.9 Å². The van der Waals surface area contributed by atoms with Crippen molar-refractivity contribution in [2.45, 2.75) is 0 Å². The summed E-state index contributed by atoms with van der Waals surface area (Å²) in [4.78, 5) is 14.2. The van der Waals surface area contributed by atoms with Crippen molar-refractivity contribution >= 4 is 15.9 Å². The van der Waals surface area contributed by atoms with Crippen molar-refractivity contribution in [2.24, 2.45) is 0 Å². The lowest BCUT2D eigenvalue weighted by atomic mass is 10.3. The molecule has 1 aromatic carbocycles. The maximum atomic E-state index is 11.5. The molecule has 2 rings (SSSR count). The van der Waals surface area contributed by atoms with Gasteiger partial charge >= 0.3 is 5.69 Å². The molecular weight excluding hydrogens is 260 g/mol. The Labute approximate surface area is 94.6 Å². The molecule has 0 saturated carbocycles. The van der Waals surface area contributed by atoms with E-state index in [-0.39, 0.29) is 5.69 Å². The molecule has 0 aliphatic heterocycles. The van der Waals surface area contributed by atoms with Crippen LogP contribution in [0.2, 0.25) is 0 Å². The van der Waals surface area contributed by atoms with Gasteiger partial charge < -0.3 is 4.74 Å². The van der Waals surface area contributed by atoms with E-state index in [0.717, 1.165) is 0 Å². The van der Waals surface area contributed by atoms with Gasteiger partial charge in [0.05, 0.1) is 12.8 Å². The first-order valence-electron chi connectivity index (χ1n) is 4.33. The smallest absolute Gasteiger partial charge is 0.331 e. The van der Waals surface area contributed by atoms with Crippen LogP contribution >= 0.6 is 15.9 Å². The quantitative estimate of drug-likeness (QED) is 0.905. The van der Waals surface area contributed by atoms with Gasteiger partial charge in [0.25, 0.3) is 0 Å². The first-order chi connectivity index (χ1) is 7.22. The van der Waals surface area contributed by atoms with Crippen molar-refractivity contribution in [2.75, 3.05) is 7.11 Å². The number of H-pyrrole nitrogens is 1. The lowest BCUT2D eigenvalue weighted by molar-refractivity contribution is 0.412. The van der Waals surface area contributed by atoms with E-state index in [0.29, 0.717) is 16.0 Å². The van der Waals surface area contributed by atoms with Crippen LogP contribution < -0.4 is 10.4 Å². The molecule has 5 heteroatoms. The standard InChI is InChI=1S/C10H9BrN2O2/c1-15-8-5-3-2-4-7(8)13-6-9(11)12-10(13)14/h2-6H,1H3,(H,12,14). The molecule has 0 spiro atoms. The molecule has 0 bridgehead atoms. The molecule has 0 atom stereocenters. The highest BCUT2D eigenvalue weighted by Gasteiger charge is 2.07. The van der Waals surface area contributed by atoms with E-state index < -0.39 is 0 Å². The zero-order valence-electron chi connectivity index (χ0n) is 8.03. The number of nitrogens with zero attached hydrogens (tertiary/aromatic N) is 1. The van der Waals surface area contributed by atoms with Gasteiger partial charge in [0.2, 0.25) is 0 Å². The second-order valence-corrected chi connectivity index (χ2v) is 3.80. The summed E-state index contributed by atoms with van der Waals surface area (Å²) < 4.78 is 7.30. The van der Waals surface area contributed by atoms with Gasteiger partial charge in [0.1, 0.15) is 10.4 Å². The summed E-state index contributed by atoms with van der Waals surface area (Å²) in [6.45, 7) is 0. The monoisotopic (exact) mass is 268 g/mol. The number of hydrogen-bond acceptors (Lipinski definition) is 2. The summed E-state index contributed by atoms with van der Waals surface area (Å²) in [7, 11) is 1.57. The second-order valence-electron chi connectivity index (χ2n) is 2.95. The Hall–Kier alpha value is -1.49. The second kappa shape index (κ2) is 3.94. The van der Waals surface area contributed by atoms with Crippen molar-refractivity contribution in [3.63, 3.8) is 0 Å². The van der Waals surface area contributed by atoms with Gasteiger partial charge in [0.15, 0.2) is 0 Å². The van der Waals surface area contributed by atoms with E-state index in [9.17, 15) is 4.79 Å². The van der Waals surface area contributed by atoms with E-state index in [1.54, 1.807) is 13.3 Å². The first kappa shape index (κ1) is 10.0. The normalized spacial score (nSPS) is 10.3. The predicted octanol–water partition coefficient (Wildman–Crippen LogP) is 1.94. The number of rotatable bonds is 2. The first-order valence-corrected chi connectivity index (χ1v) is 5.12. The number of halogens is 1. The van der Waals surface area contributed by atoms with E-state index in [1.165, 1.54) is 4.57 Å². The molecule has 1 heterocycles. The van der Waals surface area contributed by atoms with Gasteiger partial charge in [-0.05, 0) is 28.1 Å². The molecule has 2 aromatic rings. The van der Waals surface area contributed by atoms with Crippen molar-refractivity contribution < 1.29 is 4.74 Å². The fourth-order valence-electron chi connectivity index (χ4n) is 1.37. The van der Waals surface area contributed by atoms with Gasteiger partial charge in [-0.3, -0.25) is 9.55 Å². The van der Waals surface area contributed by atoms with Crippen LogP contribution in [-0.4, -0.2) is 16.7 Å². The van der Waals surface area contributed by atoms with Gasteiger partial charge in [-0.2, -0.15) is 0 Å². The fraction of sp³-hybridized carbons (Fsp3) is 0.100. The predicted molar refractivity (Wildman–Crippen MR) is 60.6 cm³/mol. The number of methoxy groups -OCH3 is 1. The minimum Gasteiger partial charge on any atom is -0.495 e. The van der Waals surface area contributed by atoms with Crippen LogP contribution in [0.5, 0.6) is 5.75 Å². The molecule has 4 nitrogen and oxygen atoms in total. The molecule has 0 aliphatic carbocycles. The lowest BCUT2D eigenvalue weighted by Gasteiger charge is -2.06. The summed E-state index contributed by atoms with van der Waals surface area (Å²) in [5.41, 5.74) is 0.512. The Morgan fingerprint density at radius 2 is 2.13 bits per heavy atom. The van der Waals surface area contributed by atoms with Crippen LogP contribution in [0.4, 0.5) is 0 Å². The molecule has 78 valence electrons. The number of hydrogen-bond donors (Lipinski definition) is 1. The highest BCUT2D eigenvalue weighted by atomic mass is 79.9. The lowest BCUT2D eigenvalue weighted by Crippen LogP contribution is -2.14. The third kappa shape index (κ3) is 1.83. The minimum absolute atomic E-state index is 0.202. The van der Waals surface area contributed by atoms with Gasteiger partial charge in [-0.1, -0.05) is 12.1 Å². The number of nitrogens with one attached hydrogen (secondary N) is 1. The molecule has 0 radical (unpaired) electrons. The van der Waals surface area contributed by atoms with Gasteiger partial charge in [0, 0.05) is 6.20 Å². The molecule has 1 aromatic heterocycles. The summed E-state index contributed by atoms with van der Waals surface area (Å²) >= 11 is 3.21. The Morgan fingerprint density at radius 1 is 1.40 bits per heavy atom. The Kier molecular flexibility index (Phi) is 2.64. The average Bonchev–Trinajstić information content (AvgIpc) is 2.57. The molecule has 0 saturated heterocycles. The largest absolute Gasteiger partial charge is 0.495 e. The zero-order chi connectivity index (χ0) is 10.8. The maximum Gasteiger partial charge on any atom is 0.331 e. The number of para-hydroxylation sites is 2. The number of ether oxygens (including phenoxy) is 1. The maximum absolute atomic E-state index is 11.5. The summed E-state index contributed by atoms with van der Waals surface area (Å²) in [6.07, 6.45) is 1.67. The van der Waals surface area contributed by atoms with E-state index in [4.69, 9.17) is 4.74 Å². The van der Waals surface area contributed by atoms with E-state index >= 15 is 0 Å². The molecule has 0 unspecified atom stereocenters. The van der Waals surface area contributed by atoms with Crippen LogP contribution in [0.1, 0.15) is 0 Å². The van der Waals surface area contributed by atoms with Crippen LogP contribution in [0.3, 0.4) is 0 Å². The van der Waals surface area contributed by atoms with E-state index in [1.807, 2.05) is 24.3 Å². The van der Waals surface area contributed by atoms with Gasteiger partial charge in [-0.25, -0.2) is 4.79 Å². The van der Waals surface area contributed by atoms with Crippen molar-refractivity contribution in [1.82, 2.24) is 9.55 Å². The highest BCUT2D eigenvalue weighted by molar-refractivity contribution is 9.10. The number of imidazole rings is 1. The summed E-state index contributed by atoms with van der Waals surface area (Å²) in [5.74, 6) is 0.658. The molecule has 0 aliphatic rings. The molecular formula is C10H9BrN2O2. The number of aromatic nitrogens is 2. The topological polar surface area (TPSA) is 47.0 Å². The third-order valence-electron chi connectivity index (χ3n) is 2.03. The van der Waals surface area contributed by atoms with Gasteiger partial charge in [-0.15, -0.1) is 0 Å². The zero-order valence-corrected chi connectivity index (χ0v) is 9.61. The highest BCUT2D eigenvalue weighted by Crippen LogP contribution is 2.21. The minimum atomic E-state index is -0.202. The Morgan fingerprint density at radius 3 is 2.73 bits per heavy atom. The molecule has 0 amide bonds. The molecule has 0 fully saturated rings.